The van der Waals surface area contributed by atoms with Crippen molar-refractivity contribution < 1.29 is 9.90 Å². The first-order valence-electron chi connectivity index (χ1n) is 8.14. The van der Waals surface area contributed by atoms with E-state index in [1.807, 2.05) is 18.2 Å². The number of aromatic nitrogens is 3. The maximum Gasteiger partial charge on any atom is 0.254 e. The summed E-state index contributed by atoms with van der Waals surface area (Å²) in [6, 6.07) is 5.74. The average Bonchev–Trinajstić information content (AvgIpc) is 2.92. The predicted molar refractivity (Wildman–Crippen MR) is 90.9 cm³/mol. The highest BCUT2D eigenvalue weighted by molar-refractivity contribution is 5.95. The Balaban J connectivity index is 1.63. The Morgan fingerprint density at radius 2 is 2.29 bits per heavy atom. The molecule has 0 spiro atoms. The van der Waals surface area contributed by atoms with Crippen molar-refractivity contribution in [3.63, 3.8) is 0 Å². The first kappa shape index (κ1) is 16.4. The molecule has 1 fully saturated rings. The van der Waals surface area contributed by atoms with E-state index in [0.717, 1.165) is 18.8 Å². The van der Waals surface area contributed by atoms with Gasteiger partial charge in [-0.15, -0.1) is 0 Å². The Hall–Kier alpha value is -2.41. The lowest BCUT2D eigenvalue weighted by Crippen LogP contribution is -2.54. The van der Waals surface area contributed by atoms with E-state index in [0.29, 0.717) is 24.2 Å². The van der Waals surface area contributed by atoms with Gasteiger partial charge >= 0.3 is 0 Å². The molecule has 0 unspecified atom stereocenters. The normalized spacial score (nSPS) is 20.9. The van der Waals surface area contributed by atoms with Crippen molar-refractivity contribution in [1.82, 2.24) is 20.1 Å². The van der Waals surface area contributed by atoms with Crippen molar-refractivity contribution in [3.05, 3.63) is 41.9 Å². The van der Waals surface area contributed by atoms with Crippen molar-refractivity contribution in [2.24, 2.45) is 7.05 Å². The number of pyridine rings is 1. The van der Waals surface area contributed by atoms with E-state index in [2.05, 4.69) is 20.3 Å². The summed E-state index contributed by atoms with van der Waals surface area (Å²) in [6.45, 7) is 3.32. The van der Waals surface area contributed by atoms with Crippen LogP contribution in [0.15, 0.2) is 30.6 Å². The van der Waals surface area contributed by atoms with Crippen LogP contribution in [0.1, 0.15) is 28.9 Å². The molecular formula is C17H23N5O2. The number of carbonyl (C=O) groups is 1. The summed E-state index contributed by atoms with van der Waals surface area (Å²) in [6.07, 6.45) is 4.95. The van der Waals surface area contributed by atoms with Gasteiger partial charge in [0.15, 0.2) is 0 Å². The fourth-order valence-corrected chi connectivity index (χ4v) is 3.16. The summed E-state index contributed by atoms with van der Waals surface area (Å²) in [5.41, 5.74) is 0.265. The summed E-state index contributed by atoms with van der Waals surface area (Å²) in [7, 11) is 1.78. The van der Waals surface area contributed by atoms with Crippen LogP contribution in [-0.4, -0.2) is 51.0 Å². The first-order chi connectivity index (χ1) is 11.5. The molecule has 3 heterocycles. The minimum Gasteiger partial charge on any atom is -0.386 e. The number of hydrogen-bond acceptors (Lipinski definition) is 5. The Morgan fingerprint density at radius 1 is 1.46 bits per heavy atom. The molecule has 0 saturated carbocycles. The van der Waals surface area contributed by atoms with Crippen LogP contribution in [0.25, 0.3) is 0 Å². The van der Waals surface area contributed by atoms with E-state index in [1.54, 1.807) is 31.0 Å². The summed E-state index contributed by atoms with van der Waals surface area (Å²) >= 11 is 0. The average molecular weight is 329 g/mol. The van der Waals surface area contributed by atoms with Crippen LogP contribution >= 0.6 is 0 Å². The molecule has 2 aromatic rings. The maximum atomic E-state index is 12.3. The molecule has 1 amide bonds. The van der Waals surface area contributed by atoms with Gasteiger partial charge in [0.2, 0.25) is 0 Å². The van der Waals surface area contributed by atoms with Crippen molar-refractivity contribution in [2.75, 3.05) is 24.5 Å². The minimum absolute atomic E-state index is 0.205. The van der Waals surface area contributed by atoms with Crippen LogP contribution in [0.5, 0.6) is 0 Å². The number of amides is 1. The smallest absolute Gasteiger partial charge is 0.254 e. The number of β-amino-alcohol motifs (C(OH)–C–C–N with tert-alkyl or cyclic N) is 1. The third-order valence-electron chi connectivity index (χ3n) is 4.36. The number of piperidine rings is 1. The first-order valence-corrected chi connectivity index (χ1v) is 8.14. The molecule has 1 atom stereocenters. The van der Waals surface area contributed by atoms with Gasteiger partial charge in [0, 0.05) is 39.1 Å². The minimum atomic E-state index is -0.957. The lowest BCUT2D eigenvalue weighted by atomic mass is 9.92. The molecule has 128 valence electrons. The van der Waals surface area contributed by atoms with E-state index >= 15 is 0 Å². The molecule has 7 heteroatoms. The molecule has 0 bridgehead atoms. The third-order valence-corrected chi connectivity index (χ3v) is 4.36. The topological polar surface area (TPSA) is 83.3 Å². The molecule has 0 aromatic carbocycles. The number of aryl methyl sites for hydroxylation is 2. The molecule has 24 heavy (non-hydrogen) atoms. The zero-order chi connectivity index (χ0) is 17.2. The zero-order valence-electron chi connectivity index (χ0n) is 14.1. The van der Waals surface area contributed by atoms with E-state index in [9.17, 15) is 9.90 Å². The molecular weight excluding hydrogens is 306 g/mol. The van der Waals surface area contributed by atoms with E-state index < -0.39 is 5.60 Å². The lowest BCUT2D eigenvalue weighted by molar-refractivity contribution is 0.0254. The molecule has 2 aromatic heterocycles. The van der Waals surface area contributed by atoms with Gasteiger partial charge in [0.1, 0.15) is 5.82 Å². The Bertz CT molecular complexity index is 715. The van der Waals surface area contributed by atoms with Crippen LogP contribution < -0.4 is 10.2 Å². The second kappa shape index (κ2) is 6.60. The van der Waals surface area contributed by atoms with Gasteiger partial charge in [-0.1, -0.05) is 6.07 Å². The SMILES string of the molecule is Cc1nn(C)cc1C(=O)NC[C@]1(O)CCCN(c2ccccn2)C1. The van der Waals surface area contributed by atoms with E-state index in [1.165, 1.54) is 0 Å². The van der Waals surface area contributed by atoms with Gasteiger partial charge < -0.3 is 15.3 Å². The lowest BCUT2D eigenvalue weighted by Gasteiger charge is -2.39. The van der Waals surface area contributed by atoms with Crippen LogP contribution in [0.2, 0.25) is 0 Å². The second-order valence-corrected chi connectivity index (χ2v) is 6.42. The molecule has 1 aliphatic heterocycles. The van der Waals surface area contributed by atoms with Gasteiger partial charge in [0.05, 0.1) is 16.9 Å². The summed E-state index contributed by atoms with van der Waals surface area (Å²) in [5.74, 6) is 0.647. The largest absolute Gasteiger partial charge is 0.386 e. The molecule has 2 N–H and O–H groups in total. The van der Waals surface area contributed by atoms with Crippen LogP contribution in [0.3, 0.4) is 0 Å². The van der Waals surface area contributed by atoms with Crippen LogP contribution in [0, 0.1) is 6.92 Å². The number of nitrogens with zero attached hydrogens (tertiary/aromatic N) is 4. The quantitative estimate of drug-likeness (QED) is 0.870. The van der Waals surface area contributed by atoms with Crippen molar-refractivity contribution in [2.45, 2.75) is 25.4 Å². The third kappa shape index (κ3) is 3.56. The molecule has 7 nitrogen and oxygen atoms in total. The Morgan fingerprint density at radius 3 is 2.96 bits per heavy atom. The Kier molecular flexibility index (Phi) is 4.53. The molecule has 0 aliphatic carbocycles. The number of carbonyl (C=O) groups excluding carboxylic acids is 1. The highest BCUT2D eigenvalue weighted by Gasteiger charge is 2.34. The summed E-state index contributed by atoms with van der Waals surface area (Å²) in [5, 5.41) is 17.9. The van der Waals surface area contributed by atoms with E-state index in [-0.39, 0.29) is 12.5 Å². The summed E-state index contributed by atoms with van der Waals surface area (Å²) in [4.78, 5) is 18.7. The van der Waals surface area contributed by atoms with Gasteiger partial charge in [-0.05, 0) is 31.9 Å². The van der Waals surface area contributed by atoms with Gasteiger partial charge in [-0.25, -0.2) is 4.98 Å². The zero-order valence-corrected chi connectivity index (χ0v) is 14.1. The highest BCUT2D eigenvalue weighted by atomic mass is 16.3. The molecule has 1 saturated heterocycles. The monoisotopic (exact) mass is 329 g/mol. The van der Waals surface area contributed by atoms with Crippen LogP contribution in [0.4, 0.5) is 5.82 Å². The number of hydrogen-bond donors (Lipinski definition) is 2. The Labute approximate surface area is 141 Å². The second-order valence-electron chi connectivity index (χ2n) is 6.42. The molecule has 1 aliphatic rings. The van der Waals surface area contributed by atoms with Crippen molar-refractivity contribution in [1.29, 1.82) is 0 Å². The van der Waals surface area contributed by atoms with Crippen molar-refractivity contribution >= 4 is 11.7 Å². The number of nitrogens with one attached hydrogen (secondary N) is 1. The number of rotatable bonds is 4. The van der Waals surface area contributed by atoms with Crippen molar-refractivity contribution in [3.8, 4) is 0 Å². The fraction of sp³-hybridized carbons (Fsp3) is 0.471. The predicted octanol–water partition coefficient (Wildman–Crippen LogP) is 0.885. The summed E-state index contributed by atoms with van der Waals surface area (Å²) < 4.78 is 1.61. The maximum absolute atomic E-state index is 12.3. The van der Waals surface area contributed by atoms with Gasteiger partial charge in [0.25, 0.3) is 5.91 Å². The standard InChI is InChI=1S/C17H23N5O2/c1-13-14(10-21(2)20-13)16(23)19-11-17(24)7-5-9-22(12-17)15-6-3-4-8-18-15/h3-4,6,8,10,24H,5,7,9,11-12H2,1-2H3,(H,19,23)/t17-/m1/s1. The fourth-order valence-electron chi connectivity index (χ4n) is 3.16. The molecule has 3 rings (SSSR count). The van der Waals surface area contributed by atoms with Gasteiger partial charge in [-0.3, -0.25) is 9.48 Å². The van der Waals surface area contributed by atoms with Gasteiger partial charge in [-0.2, -0.15) is 5.10 Å². The highest BCUT2D eigenvalue weighted by Crippen LogP contribution is 2.24. The van der Waals surface area contributed by atoms with E-state index in [4.69, 9.17) is 0 Å². The van der Waals surface area contributed by atoms with Crippen LogP contribution in [-0.2, 0) is 7.05 Å². The number of aliphatic hydroxyl groups is 1. The number of anilines is 1. The molecule has 0 radical (unpaired) electrons.